The summed E-state index contributed by atoms with van der Waals surface area (Å²) in [6.07, 6.45) is -2.20. The lowest BCUT2D eigenvalue weighted by atomic mass is 10.1. The SMILES string of the molecule is Nc1c2ncn([C@@H]3O[C@H](CO)[C@@H](O)[C@H]3O)c2nc[n+]1C[C@H](O)c1ccccc1. The molecule has 1 saturated heterocycles. The lowest BCUT2D eigenvalue weighted by molar-refractivity contribution is -0.692. The molecule has 1 aliphatic rings. The summed E-state index contributed by atoms with van der Waals surface area (Å²) in [6, 6.07) is 9.21. The lowest BCUT2D eigenvalue weighted by Crippen LogP contribution is -2.40. The minimum absolute atomic E-state index is 0.194. The van der Waals surface area contributed by atoms with Crippen molar-refractivity contribution in [3.05, 3.63) is 48.5 Å². The van der Waals surface area contributed by atoms with E-state index in [-0.39, 0.29) is 6.54 Å². The molecule has 4 rings (SSSR count). The van der Waals surface area contributed by atoms with Gasteiger partial charge in [0.15, 0.2) is 11.7 Å². The van der Waals surface area contributed by atoms with Gasteiger partial charge in [-0.2, -0.15) is 0 Å². The average molecular weight is 388 g/mol. The number of hydrogen-bond donors (Lipinski definition) is 5. The number of ether oxygens (including phenoxy) is 1. The van der Waals surface area contributed by atoms with Gasteiger partial charge in [-0.15, -0.1) is 0 Å². The maximum absolute atomic E-state index is 10.4. The summed E-state index contributed by atoms with van der Waals surface area (Å²) in [5.74, 6) is 0.297. The Morgan fingerprint density at radius 2 is 1.93 bits per heavy atom. The van der Waals surface area contributed by atoms with Crippen LogP contribution < -0.4 is 10.3 Å². The number of imidazole rings is 1. The van der Waals surface area contributed by atoms with E-state index in [4.69, 9.17) is 10.5 Å². The van der Waals surface area contributed by atoms with Gasteiger partial charge < -0.3 is 30.9 Å². The Balaban J connectivity index is 1.63. The van der Waals surface area contributed by atoms with Crippen LogP contribution in [0.5, 0.6) is 0 Å². The smallest absolute Gasteiger partial charge is 0.250 e. The molecular formula is C18H22N5O5+. The van der Waals surface area contributed by atoms with Gasteiger partial charge in [0.05, 0.1) is 6.61 Å². The molecule has 0 bridgehead atoms. The van der Waals surface area contributed by atoms with Crippen LogP contribution in [0.25, 0.3) is 11.2 Å². The van der Waals surface area contributed by atoms with Crippen LogP contribution in [0.2, 0.25) is 0 Å². The fraction of sp³-hybridized carbons (Fsp3) is 0.389. The fourth-order valence-electron chi connectivity index (χ4n) is 3.39. The van der Waals surface area contributed by atoms with Gasteiger partial charge in [0, 0.05) is 0 Å². The van der Waals surface area contributed by atoms with Crippen molar-refractivity contribution in [1.82, 2.24) is 14.5 Å². The Morgan fingerprint density at radius 1 is 1.18 bits per heavy atom. The highest BCUT2D eigenvalue weighted by molar-refractivity contribution is 5.79. The van der Waals surface area contributed by atoms with Crippen molar-refractivity contribution in [3.63, 3.8) is 0 Å². The number of aromatic nitrogens is 4. The predicted octanol–water partition coefficient (Wildman–Crippen LogP) is -1.35. The summed E-state index contributed by atoms with van der Waals surface area (Å²) in [5.41, 5.74) is 7.71. The number of nitrogen functional groups attached to an aromatic ring is 1. The van der Waals surface area contributed by atoms with Gasteiger partial charge in [-0.1, -0.05) is 35.3 Å². The molecule has 10 nitrogen and oxygen atoms in total. The number of anilines is 1. The first-order chi connectivity index (χ1) is 13.5. The van der Waals surface area contributed by atoms with Crippen molar-refractivity contribution in [3.8, 4) is 0 Å². The second-order valence-corrected chi connectivity index (χ2v) is 6.76. The number of benzene rings is 1. The van der Waals surface area contributed by atoms with E-state index in [1.807, 2.05) is 30.3 Å². The molecule has 0 spiro atoms. The van der Waals surface area contributed by atoms with Crippen molar-refractivity contribution in [2.45, 2.75) is 37.2 Å². The average Bonchev–Trinajstić information content (AvgIpc) is 3.26. The highest BCUT2D eigenvalue weighted by Gasteiger charge is 2.44. The van der Waals surface area contributed by atoms with Gasteiger partial charge in [0.25, 0.3) is 5.82 Å². The third kappa shape index (κ3) is 3.11. The van der Waals surface area contributed by atoms with Gasteiger partial charge >= 0.3 is 0 Å². The maximum atomic E-state index is 10.4. The van der Waals surface area contributed by atoms with Gasteiger partial charge in [0.1, 0.15) is 37.3 Å². The van der Waals surface area contributed by atoms with Crippen LogP contribution in [0.15, 0.2) is 43.0 Å². The standard InChI is InChI=1S/C18H21N5O5/c19-16-13-17(21-8-22(16)6-11(25)10-4-2-1-3-5-10)23(9-20-13)18-15(27)14(26)12(7-24)28-18/h1-5,8-9,11-12,14-15,18-19,24-27H,6-7H2/p+1/t11-,12+,14+,15+,18+/m0/s1. The molecule has 1 fully saturated rings. The minimum Gasteiger partial charge on any atom is -0.394 e. The van der Waals surface area contributed by atoms with Crippen LogP contribution in [0.3, 0.4) is 0 Å². The largest absolute Gasteiger partial charge is 0.394 e. The quantitative estimate of drug-likeness (QED) is 0.337. The molecule has 3 aromatic rings. The summed E-state index contributed by atoms with van der Waals surface area (Å²) < 4.78 is 8.58. The van der Waals surface area contributed by atoms with Gasteiger partial charge in [-0.25, -0.2) is 9.55 Å². The monoisotopic (exact) mass is 388 g/mol. The van der Waals surface area contributed by atoms with E-state index in [0.717, 1.165) is 5.56 Å². The van der Waals surface area contributed by atoms with Crippen LogP contribution in [-0.4, -0.2) is 59.9 Å². The number of aliphatic hydroxyl groups excluding tert-OH is 4. The first kappa shape index (κ1) is 18.7. The third-order valence-corrected chi connectivity index (χ3v) is 4.98. The summed E-state index contributed by atoms with van der Waals surface area (Å²) in [4.78, 5) is 8.59. The van der Waals surface area contributed by atoms with Crippen molar-refractivity contribution in [1.29, 1.82) is 0 Å². The Bertz CT molecular complexity index is 966. The molecule has 28 heavy (non-hydrogen) atoms. The van der Waals surface area contributed by atoms with Gasteiger partial charge in [-0.3, -0.25) is 4.57 Å². The highest BCUT2D eigenvalue weighted by Crippen LogP contribution is 2.31. The van der Waals surface area contributed by atoms with E-state index in [1.165, 1.54) is 17.2 Å². The predicted molar refractivity (Wildman–Crippen MR) is 96.5 cm³/mol. The number of hydrogen-bond acceptors (Lipinski definition) is 8. The molecular weight excluding hydrogens is 366 g/mol. The summed E-state index contributed by atoms with van der Waals surface area (Å²) in [5, 5.41) is 39.9. The molecule has 1 aromatic carbocycles. The number of nitrogens with zero attached hydrogens (tertiary/aromatic N) is 4. The highest BCUT2D eigenvalue weighted by atomic mass is 16.6. The second-order valence-electron chi connectivity index (χ2n) is 6.76. The Morgan fingerprint density at radius 3 is 2.61 bits per heavy atom. The summed E-state index contributed by atoms with van der Waals surface area (Å²) in [6.45, 7) is -0.228. The normalized spacial score (nSPS) is 26.0. The molecule has 2 aromatic heterocycles. The minimum atomic E-state index is -1.25. The number of rotatable bonds is 5. The molecule has 0 saturated carbocycles. The molecule has 0 unspecified atom stereocenters. The third-order valence-electron chi connectivity index (χ3n) is 4.98. The zero-order valence-electron chi connectivity index (χ0n) is 14.9. The Kier molecular flexibility index (Phi) is 4.96. The van der Waals surface area contributed by atoms with Crippen molar-refractivity contribution in [2.24, 2.45) is 0 Å². The van der Waals surface area contributed by atoms with E-state index < -0.39 is 37.3 Å². The zero-order valence-corrected chi connectivity index (χ0v) is 14.9. The fourth-order valence-corrected chi connectivity index (χ4v) is 3.39. The van der Waals surface area contributed by atoms with Crippen LogP contribution in [0.4, 0.5) is 5.82 Å². The van der Waals surface area contributed by atoms with E-state index in [1.54, 1.807) is 4.57 Å². The van der Waals surface area contributed by atoms with Crippen LogP contribution >= 0.6 is 0 Å². The van der Waals surface area contributed by atoms with Crippen LogP contribution in [-0.2, 0) is 11.3 Å². The molecule has 148 valence electrons. The Hall–Kier alpha value is -2.63. The molecule has 6 N–H and O–H groups in total. The molecule has 0 amide bonds. The van der Waals surface area contributed by atoms with Gasteiger partial charge in [0.2, 0.25) is 12.0 Å². The van der Waals surface area contributed by atoms with Crippen LogP contribution in [0.1, 0.15) is 17.9 Å². The van der Waals surface area contributed by atoms with Crippen molar-refractivity contribution >= 4 is 17.0 Å². The topological polar surface area (TPSA) is 151 Å². The van der Waals surface area contributed by atoms with E-state index in [0.29, 0.717) is 17.0 Å². The van der Waals surface area contributed by atoms with Crippen molar-refractivity contribution < 1.29 is 29.7 Å². The zero-order chi connectivity index (χ0) is 19.8. The molecule has 5 atom stereocenters. The lowest BCUT2D eigenvalue weighted by Gasteiger charge is -2.15. The first-order valence-corrected chi connectivity index (χ1v) is 8.87. The van der Waals surface area contributed by atoms with Gasteiger partial charge in [-0.05, 0) is 5.56 Å². The molecule has 0 radical (unpaired) electrons. The molecule has 0 aliphatic carbocycles. The second kappa shape index (κ2) is 7.41. The Labute approximate surface area is 160 Å². The number of nitrogens with two attached hydrogens (primary N) is 1. The maximum Gasteiger partial charge on any atom is 0.250 e. The van der Waals surface area contributed by atoms with Crippen molar-refractivity contribution in [2.75, 3.05) is 12.3 Å². The van der Waals surface area contributed by atoms with E-state index in [9.17, 15) is 20.4 Å². The number of fused-ring (bicyclic) bond motifs is 1. The first-order valence-electron chi connectivity index (χ1n) is 8.87. The summed E-state index contributed by atoms with van der Waals surface area (Å²) >= 11 is 0. The number of aliphatic hydroxyl groups is 4. The summed E-state index contributed by atoms with van der Waals surface area (Å²) in [7, 11) is 0. The van der Waals surface area contributed by atoms with Crippen LogP contribution in [0, 0.1) is 0 Å². The van der Waals surface area contributed by atoms with E-state index in [2.05, 4.69) is 9.97 Å². The molecule has 10 heteroatoms. The molecule has 1 aliphatic heterocycles. The van der Waals surface area contributed by atoms with E-state index >= 15 is 0 Å². The molecule has 3 heterocycles.